The zero-order chi connectivity index (χ0) is 11.1. The molecule has 1 aliphatic rings. The van der Waals surface area contributed by atoms with E-state index in [9.17, 15) is 0 Å². The molecule has 0 N–H and O–H groups in total. The average Bonchev–Trinajstić information content (AvgIpc) is 2.17. The Morgan fingerprint density at radius 2 is 2.13 bits per heavy atom. The van der Waals surface area contributed by atoms with Gasteiger partial charge in [0.1, 0.15) is 0 Å². The molecule has 1 rings (SSSR count). The fourth-order valence-electron chi connectivity index (χ4n) is 1.29. The summed E-state index contributed by atoms with van der Waals surface area (Å²) in [6, 6.07) is 0. The summed E-state index contributed by atoms with van der Waals surface area (Å²) in [6.45, 7) is 8.12. The van der Waals surface area contributed by atoms with Crippen LogP contribution in [0.4, 0.5) is 0 Å². The van der Waals surface area contributed by atoms with Crippen LogP contribution in [0.5, 0.6) is 0 Å². The fraction of sp³-hybridized carbons (Fsp3) is 0.818. The van der Waals surface area contributed by atoms with E-state index in [0.717, 1.165) is 32.5 Å². The summed E-state index contributed by atoms with van der Waals surface area (Å²) in [5.74, 6) is 0. The standard InChI is InChI=1S/C11H22O3Si/c1-15(2,3)14-10-6-9-13-11-7-4-5-8-12-11/h5,8,11H,4,6-7,9-10H2,1-3H3. The van der Waals surface area contributed by atoms with Crippen LogP contribution in [0, 0.1) is 0 Å². The Labute approximate surface area is 93.5 Å². The molecule has 0 aromatic rings. The number of allylic oxidation sites excluding steroid dienone is 1. The predicted molar refractivity (Wildman–Crippen MR) is 63.1 cm³/mol. The first-order chi connectivity index (χ1) is 7.08. The van der Waals surface area contributed by atoms with Crippen molar-refractivity contribution >= 4 is 8.32 Å². The monoisotopic (exact) mass is 230 g/mol. The molecule has 0 saturated heterocycles. The number of ether oxygens (including phenoxy) is 2. The average molecular weight is 230 g/mol. The lowest BCUT2D eigenvalue weighted by atomic mass is 10.3. The van der Waals surface area contributed by atoms with Gasteiger partial charge in [-0.05, 0) is 38.6 Å². The zero-order valence-electron chi connectivity index (χ0n) is 9.99. The Morgan fingerprint density at radius 1 is 1.33 bits per heavy atom. The molecular formula is C11H22O3Si. The van der Waals surface area contributed by atoms with Gasteiger partial charge in [0.05, 0.1) is 12.9 Å². The van der Waals surface area contributed by atoms with Crippen LogP contribution in [0.3, 0.4) is 0 Å². The van der Waals surface area contributed by atoms with E-state index in [2.05, 4.69) is 19.6 Å². The SMILES string of the molecule is C[Si](C)(C)OCCCOC1CCC=CO1. The lowest BCUT2D eigenvalue weighted by Gasteiger charge is -2.20. The summed E-state index contributed by atoms with van der Waals surface area (Å²) in [5.41, 5.74) is 0. The van der Waals surface area contributed by atoms with Gasteiger partial charge in [-0.1, -0.05) is 0 Å². The largest absolute Gasteiger partial charge is 0.473 e. The van der Waals surface area contributed by atoms with Gasteiger partial charge in [0.2, 0.25) is 0 Å². The minimum Gasteiger partial charge on any atom is -0.473 e. The molecule has 0 amide bonds. The maximum atomic E-state index is 5.72. The molecule has 0 aromatic carbocycles. The van der Waals surface area contributed by atoms with Gasteiger partial charge in [0, 0.05) is 13.0 Å². The number of hydrogen-bond donors (Lipinski definition) is 0. The summed E-state index contributed by atoms with van der Waals surface area (Å²) in [4.78, 5) is 0. The molecule has 0 aliphatic carbocycles. The lowest BCUT2D eigenvalue weighted by molar-refractivity contribution is -0.116. The van der Waals surface area contributed by atoms with Gasteiger partial charge in [-0.3, -0.25) is 0 Å². The van der Waals surface area contributed by atoms with Crippen LogP contribution in [0.25, 0.3) is 0 Å². The van der Waals surface area contributed by atoms with Crippen molar-refractivity contribution in [3.63, 3.8) is 0 Å². The van der Waals surface area contributed by atoms with Crippen LogP contribution >= 0.6 is 0 Å². The van der Waals surface area contributed by atoms with E-state index in [-0.39, 0.29) is 6.29 Å². The van der Waals surface area contributed by atoms with Crippen LogP contribution in [-0.4, -0.2) is 27.8 Å². The van der Waals surface area contributed by atoms with Crippen molar-refractivity contribution in [1.29, 1.82) is 0 Å². The topological polar surface area (TPSA) is 27.7 Å². The molecule has 88 valence electrons. The summed E-state index contributed by atoms with van der Waals surface area (Å²) >= 11 is 0. The highest BCUT2D eigenvalue weighted by molar-refractivity contribution is 6.69. The minimum atomic E-state index is -1.34. The second-order valence-electron chi connectivity index (χ2n) is 4.70. The van der Waals surface area contributed by atoms with Crippen molar-refractivity contribution in [3.05, 3.63) is 12.3 Å². The molecule has 0 radical (unpaired) electrons. The van der Waals surface area contributed by atoms with E-state index in [1.54, 1.807) is 6.26 Å². The summed E-state index contributed by atoms with van der Waals surface area (Å²) < 4.78 is 16.6. The van der Waals surface area contributed by atoms with Crippen molar-refractivity contribution in [2.75, 3.05) is 13.2 Å². The maximum absolute atomic E-state index is 5.72. The van der Waals surface area contributed by atoms with Crippen LogP contribution < -0.4 is 0 Å². The highest BCUT2D eigenvalue weighted by Crippen LogP contribution is 2.11. The lowest BCUT2D eigenvalue weighted by Crippen LogP contribution is -2.26. The fourth-order valence-corrected chi connectivity index (χ4v) is 2.04. The Kier molecular flexibility index (Phi) is 5.35. The third kappa shape index (κ3) is 6.71. The van der Waals surface area contributed by atoms with E-state index >= 15 is 0 Å². The molecule has 0 fully saturated rings. The van der Waals surface area contributed by atoms with Crippen molar-refractivity contribution in [2.45, 2.75) is 45.2 Å². The molecule has 0 bridgehead atoms. The van der Waals surface area contributed by atoms with Gasteiger partial charge in [0.15, 0.2) is 14.6 Å². The van der Waals surface area contributed by atoms with Gasteiger partial charge < -0.3 is 13.9 Å². The molecule has 1 aliphatic heterocycles. The zero-order valence-corrected chi connectivity index (χ0v) is 11.0. The summed E-state index contributed by atoms with van der Waals surface area (Å²) in [5, 5.41) is 0. The third-order valence-electron chi connectivity index (χ3n) is 2.02. The van der Waals surface area contributed by atoms with Crippen molar-refractivity contribution in [3.8, 4) is 0 Å². The van der Waals surface area contributed by atoms with Gasteiger partial charge in [-0.2, -0.15) is 0 Å². The van der Waals surface area contributed by atoms with Gasteiger partial charge in [-0.15, -0.1) is 0 Å². The molecular weight excluding hydrogens is 208 g/mol. The Balaban J connectivity index is 1.95. The van der Waals surface area contributed by atoms with Crippen LogP contribution in [0.15, 0.2) is 12.3 Å². The first kappa shape index (κ1) is 12.7. The van der Waals surface area contributed by atoms with Crippen molar-refractivity contribution < 1.29 is 13.9 Å². The predicted octanol–water partition coefficient (Wildman–Crippen LogP) is 2.89. The van der Waals surface area contributed by atoms with E-state index in [0.29, 0.717) is 0 Å². The smallest absolute Gasteiger partial charge is 0.199 e. The van der Waals surface area contributed by atoms with E-state index in [4.69, 9.17) is 13.9 Å². The first-order valence-electron chi connectivity index (χ1n) is 5.64. The van der Waals surface area contributed by atoms with E-state index in [1.165, 1.54) is 0 Å². The molecule has 1 unspecified atom stereocenters. The number of rotatable bonds is 6. The van der Waals surface area contributed by atoms with E-state index in [1.807, 2.05) is 6.08 Å². The third-order valence-corrected chi connectivity index (χ3v) is 3.09. The molecule has 4 heteroatoms. The molecule has 1 atom stereocenters. The van der Waals surface area contributed by atoms with Crippen molar-refractivity contribution in [1.82, 2.24) is 0 Å². The molecule has 1 heterocycles. The second kappa shape index (κ2) is 6.30. The second-order valence-corrected chi connectivity index (χ2v) is 9.21. The molecule has 3 nitrogen and oxygen atoms in total. The highest BCUT2D eigenvalue weighted by atomic mass is 28.4. The van der Waals surface area contributed by atoms with Gasteiger partial charge in [-0.25, -0.2) is 0 Å². The molecule has 15 heavy (non-hydrogen) atoms. The normalized spacial score (nSPS) is 21.4. The highest BCUT2D eigenvalue weighted by Gasteiger charge is 2.14. The van der Waals surface area contributed by atoms with Crippen LogP contribution in [0.1, 0.15) is 19.3 Å². The summed E-state index contributed by atoms with van der Waals surface area (Å²) in [7, 11) is -1.34. The van der Waals surface area contributed by atoms with Crippen molar-refractivity contribution in [2.24, 2.45) is 0 Å². The quantitative estimate of drug-likeness (QED) is 0.519. The maximum Gasteiger partial charge on any atom is 0.199 e. The van der Waals surface area contributed by atoms with Gasteiger partial charge >= 0.3 is 0 Å². The summed E-state index contributed by atoms with van der Waals surface area (Å²) in [6.07, 6.45) is 6.68. The Morgan fingerprint density at radius 3 is 2.73 bits per heavy atom. The number of hydrogen-bond acceptors (Lipinski definition) is 3. The Bertz CT molecular complexity index is 198. The van der Waals surface area contributed by atoms with Crippen LogP contribution in [0.2, 0.25) is 19.6 Å². The molecule has 0 saturated carbocycles. The molecule has 0 aromatic heterocycles. The molecule has 0 spiro atoms. The first-order valence-corrected chi connectivity index (χ1v) is 9.05. The van der Waals surface area contributed by atoms with Crippen LogP contribution in [-0.2, 0) is 13.9 Å². The minimum absolute atomic E-state index is 0.0399. The Hall–Kier alpha value is -0.323. The van der Waals surface area contributed by atoms with E-state index < -0.39 is 8.32 Å². The van der Waals surface area contributed by atoms with Gasteiger partial charge in [0.25, 0.3) is 0 Å².